The van der Waals surface area contributed by atoms with Crippen molar-refractivity contribution in [1.82, 2.24) is 5.32 Å². The SMILES string of the molecule is CCCCCCCCCCC/C=C\C/C=C\CCCCCCCCCC(=O)NC(CO)C(O)C(O)CCCCCCCCCCCCCCCC. The maximum atomic E-state index is 12.4. The molecule has 3 unspecified atom stereocenters. The number of allylic oxidation sites excluding steroid dienone is 4. The molecule has 5 nitrogen and oxygen atoms in total. The van der Waals surface area contributed by atoms with E-state index < -0.39 is 18.2 Å². The summed E-state index contributed by atoms with van der Waals surface area (Å²) in [6, 6.07) is -0.811. The average molecular weight is 720 g/mol. The van der Waals surface area contributed by atoms with Crippen molar-refractivity contribution in [1.29, 1.82) is 0 Å². The number of aliphatic hydroxyl groups is 3. The molecule has 0 aromatic rings. The van der Waals surface area contributed by atoms with Gasteiger partial charge in [0.15, 0.2) is 0 Å². The van der Waals surface area contributed by atoms with Crippen molar-refractivity contribution in [2.45, 2.75) is 257 Å². The maximum absolute atomic E-state index is 12.4. The van der Waals surface area contributed by atoms with Crippen molar-refractivity contribution in [2.75, 3.05) is 6.61 Å². The van der Waals surface area contributed by atoms with Gasteiger partial charge in [0, 0.05) is 6.42 Å². The van der Waals surface area contributed by atoms with Crippen LogP contribution in [0.1, 0.15) is 239 Å². The summed E-state index contributed by atoms with van der Waals surface area (Å²) in [4.78, 5) is 12.4. The third kappa shape index (κ3) is 37.0. The molecule has 0 rings (SSSR count). The Kier molecular flexibility index (Phi) is 40.6. The molecule has 4 N–H and O–H groups in total. The predicted octanol–water partition coefficient (Wildman–Crippen LogP) is 13.0. The third-order valence-corrected chi connectivity index (χ3v) is 10.6. The minimum atomic E-state index is -1.14. The van der Waals surface area contributed by atoms with Crippen LogP contribution in [0.15, 0.2) is 24.3 Å². The zero-order valence-electron chi connectivity index (χ0n) is 34.2. The molecule has 0 saturated heterocycles. The first kappa shape index (κ1) is 49.8. The van der Waals surface area contributed by atoms with Crippen LogP contribution < -0.4 is 5.32 Å². The number of unbranched alkanes of at least 4 members (excludes halogenated alkanes) is 29. The standard InChI is InChI=1S/C46H89NO4/c1-3-5-7-9-11-13-15-17-19-20-21-22-23-24-25-26-27-29-31-33-35-37-39-41-45(50)47-43(42-48)46(51)44(49)40-38-36-34-32-30-28-18-16-14-12-10-8-6-4-2/h21-22,24-25,43-44,46,48-49,51H,3-20,23,26-42H2,1-2H3,(H,47,50)/b22-21-,25-24-. The Balaban J connectivity index is 3.63. The molecule has 0 fully saturated rings. The Hall–Kier alpha value is -1.17. The van der Waals surface area contributed by atoms with Crippen LogP contribution in [0.4, 0.5) is 0 Å². The molecule has 5 heteroatoms. The van der Waals surface area contributed by atoms with Gasteiger partial charge in [-0.2, -0.15) is 0 Å². The topological polar surface area (TPSA) is 89.8 Å². The van der Waals surface area contributed by atoms with Gasteiger partial charge >= 0.3 is 0 Å². The van der Waals surface area contributed by atoms with Crippen molar-refractivity contribution in [3.8, 4) is 0 Å². The molecule has 0 saturated carbocycles. The Labute approximate surface area is 318 Å². The van der Waals surface area contributed by atoms with E-state index in [1.807, 2.05) is 0 Å². The van der Waals surface area contributed by atoms with E-state index in [0.29, 0.717) is 12.8 Å². The molecule has 0 aromatic heterocycles. The molecule has 0 heterocycles. The fourth-order valence-corrected chi connectivity index (χ4v) is 7.02. The molecule has 0 aliphatic rings. The number of amides is 1. The highest BCUT2D eigenvalue weighted by molar-refractivity contribution is 5.76. The molecule has 1 amide bonds. The van der Waals surface area contributed by atoms with Crippen LogP contribution in [0, 0.1) is 0 Å². The van der Waals surface area contributed by atoms with Gasteiger partial charge in [0.25, 0.3) is 0 Å². The Bertz CT molecular complexity index is 754. The summed E-state index contributed by atoms with van der Waals surface area (Å²) >= 11 is 0. The highest BCUT2D eigenvalue weighted by atomic mass is 16.3. The molecule has 302 valence electrons. The van der Waals surface area contributed by atoms with Crippen molar-refractivity contribution < 1.29 is 20.1 Å². The van der Waals surface area contributed by atoms with Gasteiger partial charge < -0.3 is 20.6 Å². The predicted molar refractivity (Wildman–Crippen MR) is 222 cm³/mol. The van der Waals surface area contributed by atoms with Gasteiger partial charge in [0.1, 0.15) is 6.10 Å². The fraction of sp³-hybridized carbons (Fsp3) is 0.891. The van der Waals surface area contributed by atoms with Crippen LogP contribution in [-0.2, 0) is 4.79 Å². The van der Waals surface area contributed by atoms with E-state index in [9.17, 15) is 20.1 Å². The number of hydrogen-bond donors (Lipinski definition) is 4. The van der Waals surface area contributed by atoms with E-state index in [1.165, 1.54) is 161 Å². The third-order valence-electron chi connectivity index (χ3n) is 10.6. The molecule has 3 atom stereocenters. The number of carbonyl (C=O) groups excluding carboxylic acids is 1. The zero-order chi connectivity index (χ0) is 37.3. The number of rotatable bonds is 41. The molecule has 0 spiro atoms. The quantitative estimate of drug-likeness (QED) is 0.0374. The lowest BCUT2D eigenvalue weighted by Crippen LogP contribution is -2.50. The Morgan fingerprint density at radius 2 is 0.843 bits per heavy atom. The first-order valence-electron chi connectivity index (χ1n) is 22.6. The molecule has 0 aliphatic carbocycles. The summed E-state index contributed by atoms with van der Waals surface area (Å²) < 4.78 is 0. The summed E-state index contributed by atoms with van der Waals surface area (Å²) in [5.41, 5.74) is 0. The largest absolute Gasteiger partial charge is 0.394 e. The molecule has 0 bridgehead atoms. The van der Waals surface area contributed by atoms with Gasteiger partial charge in [0.05, 0.1) is 18.8 Å². The van der Waals surface area contributed by atoms with E-state index in [-0.39, 0.29) is 12.5 Å². The summed E-state index contributed by atoms with van der Waals surface area (Å²) in [5, 5.41) is 33.5. The van der Waals surface area contributed by atoms with Crippen LogP contribution in [0.2, 0.25) is 0 Å². The minimum Gasteiger partial charge on any atom is -0.394 e. The van der Waals surface area contributed by atoms with Crippen molar-refractivity contribution >= 4 is 5.91 Å². The van der Waals surface area contributed by atoms with Gasteiger partial charge in [-0.1, -0.05) is 212 Å². The summed E-state index contributed by atoms with van der Waals surface area (Å²) in [5.74, 6) is -0.151. The highest BCUT2D eigenvalue weighted by Gasteiger charge is 2.26. The van der Waals surface area contributed by atoms with Gasteiger partial charge in [-0.3, -0.25) is 4.79 Å². The lowest BCUT2D eigenvalue weighted by atomic mass is 9.99. The first-order chi connectivity index (χ1) is 25.1. The van der Waals surface area contributed by atoms with Gasteiger partial charge in [0.2, 0.25) is 5.91 Å². The zero-order valence-corrected chi connectivity index (χ0v) is 34.2. The summed E-state index contributed by atoms with van der Waals surface area (Å²) in [6.07, 6.45) is 50.0. The highest BCUT2D eigenvalue weighted by Crippen LogP contribution is 2.16. The molecular weight excluding hydrogens is 631 g/mol. The monoisotopic (exact) mass is 720 g/mol. The molecule has 51 heavy (non-hydrogen) atoms. The normalized spacial score (nSPS) is 13.7. The summed E-state index contributed by atoms with van der Waals surface area (Å²) in [6.45, 7) is 4.18. The molecule has 0 aliphatic heterocycles. The number of nitrogens with one attached hydrogen (secondary N) is 1. The van der Waals surface area contributed by atoms with Gasteiger partial charge in [-0.25, -0.2) is 0 Å². The Morgan fingerprint density at radius 1 is 0.490 bits per heavy atom. The molecular formula is C46H89NO4. The smallest absolute Gasteiger partial charge is 0.220 e. The first-order valence-corrected chi connectivity index (χ1v) is 22.6. The van der Waals surface area contributed by atoms with E-state index in [4.69, 9.17) is 0 Å². The van der Waals surface area contributed by atoms with E-state index >= 15 is 0 Å². The minimum absolute atomic E-state index is 0.151. The fourth-order valence-electron chi connectivity index (χ4n) is 7.02. The van der Waals surface area contributed by atoms with Crippen molar-refractivity contribution in [3.05, 3.63) is 24.3 Å². The average Bonchev–Trinajstić information content (AvgIpc) is 3.13. The van der Waals surface area contributed by atoms with Crippen LogP contribution in [0.25, 0.3) is 0 Å². The maximum Gasteiger partial charge on any atom is 0.220 e. The number of hydrogen-bond acceptors (Lipinski definition) is 4. The molecule has 0 radical (unpaired) electrons. The van der Waals surface area contributed by atoms with Crippen LogP contribution in [-0.4, -0.2) is 46.1 Å². The molecule has 0 aromatic carbocycles. The van der Waals surface area contributed by atoms with Crippen LogP contribution >= 0.6 is 0 Å². The van der Waals surface area contributed by atoms with Crippen molar-refractivity contribution in [3.63, 3.8) is 0 Å². The van der Waals surface area contributed by atoms with Gasteiger partial charge in [-0.15, -0.1) is 0 Å². The van der Waals surface area contributed by atoms with Crippen LogP contribution in [0.3, 0.4) is 0 Å². The van der Waals surface area contributed by atoms with E-state index in [1.54, 1.807) is 0 Å². The van der Waals surface area contributed by atoms with Gasteiger partial charge in [-0.05, 0) is 44.9 Å². The second-order valence-corrected chi connectivity index (χ2v) is 15.6. The lowest BCUT2D eigenvalue weighted by molar-refractivity contribution is -0.124. The van der Waals surface area contributed by atoms with E-state index in [2.05, 4.69) is 43.5 Å². The number of carbonyl (C=O) groups is 1. The van der Waals surface area contributed by atoms with Crippen LogP contribution in [0.5, 0.6) is 0 Å². The lowest BCUT2D eigenvalue weighted by Gasteiger charge is -2.26. The van der Waals surface area contributed by atoms with E-state index in [0.717, 1.165) is 51.4 Å². The second-order valence-electron chi connectivity index (χ2n) is 15.6. The number of aliphatic hydroxyl groups excluding tert-OH is 3. The summed E-state index contributed by atoms with van der Waals surface area (Å²) in [7, 11) is 0. The van der Waals surface area contributed by atoms with Crippen molar-refractivity contribution in [2.24, 2.45) is 0 Å². The Morgan fingerprint density at radius 3 is 1.24 bits per heavy atom. The second kappa shape index (κ2) is 41.6.